The van der Waals surface area contributed by atoms with Crippen molar-refractivity contribution in [1.82, 2.24) is 4.57 Å². The fraction of sp³-hybridized carbons (Fsp3) is 0.143. The van der Waals surface area contributed by atoms with E-state index in [0.717, 1.165) is 0 Å². The number of aromatic nitrogens is 1. The maximum atomic E-state index is 11.9. The molecule has 1 aromatic heterocycles. The van der Waals surface area contributed by atoms with Gasteiger partial charge in [-0.1, -0.05) is 0 Å². The molecule has 108 valence electrons. The van der Waals surface area contributed by atoms with Crippen LogP contribution in [0.1, 0.15) is 16.1 Å². The van der Waals surface area contributed by atoms with Gasteiger partial charge in [-0.15, -0.1) is 0 Å². The van der Waals surface area contributed by atoms with Crippen molar-refractivity contribution < 1.29 is 19.4 Å². The molecule has 1 aromatic carbocycles. The van der Waals surface area contributed by atoms with E-state index in [-0.39, 0.29) is 28.4 Å². The second-order valence-electron chi connectivity index (χ2n) is 4.13. The Morgan fingerprint density at radius 2 is 2.14 bits per heavy atom. The quantitative estimate of drug-likeness (QED) is 0.826. The highest BCUT2D eigenvalue weighted by atomic mass is 16.5. The number of ether oxygens (including phenoxy) is 2. The van der Waals surface area contributed by atoms with Crippen LogP contribution in [0.4, 0.5) is 5.69 Å². The molecule has 2 aromatic rings. The minimum atomic E-state index is -0.704. The van der Waals surface area contributed by atoms with E-state index in [1.54, 1.807) is 12.1 Å². The van der Waals surface area contributed by atoms with Crippen molar-refractivity contribution in [1.29, 1.82) is 5.26 Å². The van der Waals surface area contributed by atoms with Crippen molar-refractivity contribution >= 4 is 11.7 Å². The minimum Gasteiger partial charge on any atom is -0.506 e. The van der Waals surface area contributed by atoms with Crippen LogP contribution in [0.2, 0.25) is 0 Å². The molecule has 0 radical (unpaired) electrons. The fourth-order valence-electron chi connectivity index (χ4n) is 1.94. The predicted octanol–water partition coefficient (Wildman–Crippen LogP) is 1.43. The SMILES string of the molecule is COC(=O)c1c(N)c(C#N)cn1-c1ccc(OC)cc1O. The number of rotatable bonds is 3. The number of hydrogen-bond acceptors (Lipinski definition) is 6. The van der Waals surface area contributed by atoms with Crippen LogP contribution in [0, 0.1) is 11.3 Å². The van der Waals surface area contributed by atoms with Crippen molar-refractivity contribution in [2.45, 2.75) is 0 Å². The number of benzene rings is 1. The van der Waals surface area contributed by atoms with Crippen LogP contribution >= 0.6 is 0 Å². The zero-order chi connectivity index (χ0) is 15.6. The lowest BCUT2D eigenvalue weighted by Crippen LogP contribution is -2.11. The van der Waals surface area contributed by atoms with Gasteiger partial charge in [0.1, 0.15) is 17.6 Å². The number of phenolic OH excluding ortho intramolecular Hbond substituents is 1. The van der Waals surface area contributed by atoms with E-state index < -0.39 is 5.97 Å². The summed E-state index contributed by atoms with van der Waals surface area (Å²) in [4.78, 5) is 11.9. The predicted molar refractivity (Wildman–Crippen MR) is 74.5 cm³/mol. The van der Waals surface area contributed by atoms with Crippen LogP contribution in [-0.4, -0.2) is 29.9 Å². The second-order valence-corrected chi connectivity index (χ2v) is 4.13. The topological polar surface area (TPSA) is 110 Å². The molecule has 0 unspecified atom stereocenters. The number of anilines is 1. The molecular formula is C14H13N3O4. The molecule has 0 bridgehead atoms. The molecule has 0 spiro atoms. The highest BCUT2D eigenvalue weighted by Gasteiger charge is 2.23. The van der Waals surface area contributed by atoms with Gasteiger partial charge >= 0.3 is 5.97 Å². The van der Waals surface area contributed by atoms with Gasteiger partial charge in [0.05, 0.1) is 31.2 Å². The number of methoxy groups -OCH3 is 2. The summed E-state index contributed by atoms with van der Waals surface area (Å²) >= 11 is 0. The molecule has 7 heteroatoms. The number of carbonyl (C=O) groups excluding carboxylic acids is 1. The Bertz CT molecular complexity index is 743. The molecule has 0 aliphatic heterocycles. The van der Waals surface area contributed by atoms with Gasteiger partial charge in [-0.25, -0.2) is 4.79 Å². The number of nitrogen functional groups attached to an aromatic ring is 1. The van der Waals surface area contributed by atoms with Crippen LogP contribution < -0.4 is 10.5 Å². The number of esters is 1. The summed E-state index contributed by atoms with van der Waals surface area (Å²) in [7, 11) is 2.68. The van der Waals surface area contributed by atoms with E-state index in [2.05, 4.69) is 4.74 Å². The van der Waals surface area contributed by atoms with Gasteiger partial charge in [0.25, 0.3) is 0 Å². The molecule has 0 atom stereocenters. The molecule has 0 saturated carbocycles. The molecule has 0 amide bonds. The Kier molecular flexibility index (Phi) is 3.71. The van der Waals surface area contributed by atoms with Crippen LogP contribution in [0.5, 0.6) is 11.5 Å². The Balaban J connectivity index is 2.69. The van der Waals surface area contributed by atoms with Crippen LogP contribution in [0.25, 0.3) is 5.69 Å². The molecule has 21 heavy (non-hydrogen) atoms. The van der Waals surface area contributed by atoms with Crippen molar-refractivity contribution in [2.75, 3.05) is 20.0 Å². The average Bonchev–Trinajstić information content (AvgIpc) is 2.82. The van der Waals surface area contributed by atoms with Crippen LogP contribution in [0.3, 0.4) is 0 Å². The minimum absolute atomic E-state index is 0.000400. The summed E-state index contributed by atoms with van der Waals surface area (Å²) in [5.41, 5.74) is 6.16. The lowest BCUT2D eigenvalue weighted by atomic mass is 10.2. The number of nitrogens with zero attached hydrogens (tertiary/aromatic N) is 2. The van der Waals surface area contributed by atoms with E-state index in [9.17, 15) is 9.90 Å². The van der Waals surface area contributed by atoms with Crippen molar-refractivity contribution in [3.05, 3.63) is 35.7 Å². The van der Waals surface area contributed by atoms with Crippen molar-refractivity contribution in [3.63, 3.8) is 0 Å². The Morgan fingerprint density at radius 3 is 2.67 bits per heavy atom. The van der Waals surface area contributed by atoms with E-state index >= 15 is 0 Å². The molecule has 7 nitrogen and oxygen atoms in total. The van der Waals surface area contributed by atoms with Gasteiger partial charge in [0, 0.05) is 12.3 Å². The lowest BCUT2D eigenvalue weighted by molar-refractivity contribution is 0.0593. The Labute approximate surface area is 120 Å². The second kappa shape index (κ2) is 5.46. The fourth-order valence-corrected chi connectivity index (χ4v) is 1.94. The summed E-state index contributed by atoms with van der Waals surface area (Å²) < 4.78 is 11.0. The number of aromatic hydroxyl groups is 1. The highest BCUT2D eigenvalue weighted by molar-refractivity contribution is 5.96. The first-order valence-corrected chi connectivity index (χ1v) is 5.90. The Hall–Kier alpha value is -3.14. The lowest BCUT2D eigenvalue weighted by Gasteiger charge is -2.11. The third-order valence-corrected chi connectivity index (χ3v) is 2.99. The van der Waals surface area contributed by atoms with Crippen molar-refractivity contribution in [3.8, 4) is 23.3 Å². The first kappa shape index (κ1) is 14.3. The molecule has 3 N–H and O–H groups in total. The zero-order valence-corrected chi connectivity index (χ0v) is 11.5. The van der Waals surface area contributed by atoms with Crippen LogP contribution in [0.15, 0.2) is 24.4 Å². The maximum Gasteiger partial charge on any atom is 0.357 e. The molecule has 0 saturated heterocycles. The molecular weight excluding hydrogens is 274 g/mol. The molecule has 0 aliphatic rings. The third-order valence-electron chi connectivity index (χ3n) is 2.99. The van der Waals surface area contributed by atoms with Gasteiger partial charge in [-0.3, -0.25) is 0 Å². The van der Waals surface area contributed by atoms with Gasteiger partial charge < -0.3 is 24.9 Å². The number of carbonyl (C=O) groups is 1. The highest BCUT2D eigenvalue weighted by Crippen LogP contribution is 2.31. The third kappa shape index (κ3) is 2.34. The summed E-state index contributed by atoms with van der Waals surface area (Å²) in [6.07, 6.45) is 1.36. The molecule has 1 heterocycles. The monoisotopic (exact) mass is 287 g/mol. The summed E-state index contributed by atoms with van der Waals surface area (Å²) in [6.45, 7) is 0. The van der Waals surface area contributed by atoms with Gasteiger partial charge in [0.2, 0.25) is 0 Å². The van der Waals surface area contributed by atoms with Gasteiger partial charge in [-0.05, 0) is 12.1 Å². The van der Waals surface area contributed by atoms with Crippen LogP contribution in [-0.2, 0) is 4.74 Å². The van der Waals surface area contributed by atoms with E-state index in [4.69, 9.17) is 15.7 Å². The molecule has 0 fully saturated rings. The number of phenols is 1. The van der Waals surface area contributed by atoms with E-state index in [1.165, 1.54) is 31.0 Å². The van der Waals surface area contributed by atoms with E-state index in [0.29, 0.717) is 5.75 Å². The molecule has 0 aliphatic carbocycles. The van der Waals surface area contributed by atoms with Crippen molar-refractivity contribution in [2.24, 2.45) is 0 Å². The Morgan fingerprint density at radius 1 is 1.43 bits per heavy atom. The van der Waals surface area contributed by atoms with E-state index in [1.807, 2.05) is 6.07 Å². The zero-order valence-electron chi connectivity index (χ0n) is 11.5. The summed E-state index contributed by atoms with van der Waals surface area (Å²) in [5.74, 6) is -0.375. The number of nitrogens with two attached hydrogens (primary N) is 1. The summed E-state index contributed by atoms with van der Waals surface area (Å²) in [5, 5.41) is 19.1. The van der Waals surface area contributed by atoms with Gasteiger partial charge in [0.15, 0.2) is 5.69 Å². The summed E-state index contributed by atoms with van der Waals surface area (Å²) in [6, 6.07) is 6.43. The number of hydrogen-bond donors (Lipinski definition) is 2. The standard InChI is InChI=1S/C14H13N3O4/c1-20-9-3-4-10(11(18)5-9)17-7-8(6-15)12(16)13(17)14(19)21-2/h3-5,7,18H,16H2,1-2H3. The average molecular weight is 287 g/mol. The largest absolute Gasteiger partial charge is 0.506 e. The maximum absolute atomic E-state index is 11.9. The smallest absolute Gasteiger partial charge is 0.357 e. The van der Waals surface area contributed by atoms with Gasteiger partial charge in [-0.2, -0.15) is 5.26 Å². The first-order chi connectivity index (χ1) is 10.0. The normalized spacial score (nSPS) is 9.95. The molecule has 2 rings (SSSR count). The first-order valence-electron chi connectivity index (χ1n) is 5.90. The number of nitriles is 1.